The number of aromatic hydroxyl groups is 1. The molecule has 1 heteroatoms. The van der Waals surface area contributed by atoms with Crippen LogP contribution in [0.5, 0.6) is 5.75 Å². The quantitative estimate of drug-likeness (QED) is 0.689. The smallest absolute Gasteiger partial charge is 0.118 e. The molecule has 0 aliphatic heterocycles. The number of hydrogen-bond acceptors (Lipinski definition) is 1. The summed E-state index contributed by atoms with van der Waals surface area (Å²) in [7, 11) is 0. The van der Waals surface area contributed by atoms with Crippen LogP contribution >= 0.6 is 0 Å². The van der Waals surface area contributed by atoms with Crippen LogP contribution in [0.25, 0.3) is 0 Å². The van der Waals surface area contributed by atoms with Crippen molar-refractivity contribution in [3.8, 4) is 5.75 Å². The third-order valence-electron chi connectivity index (χ3n) is 3.93. The standard InChI is InChI=1S/C14H16O/c1-9-6-11(4-5-14(9)15)13-8-10-2-3-12(13)7-10/h2-6,10,12-13,15H,7-8H2,1H3. The Labute approximate surface area is 90.4 Å². The van der Waals surface area contributed by atoms with Crippen LogP contribution in [0.4, 0.5) is 0 Å². The Morgan fingerprint density at radius 3 is 2.67 bits per heavy atom. The lowest BCUT2D eigenvalue weighted by atomic mass is 9.86. The second-order valence-electron chi connectivity index (χ2n) is 4.93. The normalized spacial score (nSPS) is 32.5. The molecule has 1 fully saturated rings. The Hall–Kier alpha value is -1.24. The molecular formula is C14H16O. The van der Waals surface area contributed by atoms with E-state index in [1.807, 2.05) is 13.0 Å². The Bertz CT molecular complexity index is 419. The number of aryl methyl sites for hydroxylation is 1. The summed E-state index contributed by atoms with van der Waals surface area (Å²) in [6.45, 7) is 1.97. The monoisotopic (exact) mass is 200 g/mol. The van der Waals surface area contributed by atoms with Gasteiger partial charge in [-0.25, -0.2) is 0 Å². The van der Waals surface area contributed by atoms with Crippen LogP contribution in [0.3, 0.4) is 0 Å². The molecule has 15 heavy (non-hydrogen) atoms. The van der Waals surface area contributed by atoms with Crippen molar-refractivity contribution in [3.63, 3.8) is 0 Å². The van der Waals surface area contributed by atoms with Crippen molar-refractivity contribution >= 4 is 0 Å². The van der Waals surface area contributed by atoms with Gasteiger partial charge in [0.2, 0.25) is 0 Å². The van der Waals surface area contributed by atoms with Crippen molar-refractivity contribution in [3.05, 3.63) is 41.5 Å². The fourth-order valence-electron chi connectivity index (χ4n) is 3.07. The summed E-state index contributed by atoms with van der Waals surface area (Å²) < 4.78 is 0. The molecule has 0 spiro atoms. The first kappa shape index (κ1) is 9.02. The Balaban J connectivity index is 1.94. The number of benzene rings is 1. The van der Waals surface area contributed by atoms with Gasteiger partial charge in [-0.3, -0.25) is 0 Å². The second kappa shape index (κ2) is 3.13. The average Bonchev–Trinajstić information content (AvgIpc) is 2.83. The molecule has 3 rings (SSSR count). The van der Waals surface area contributed by atoms with E-state index in [1.165, 1.54) is 18.4 Å². The minimum absolute atomic E-state index is 0.414. The van der Waals surface area contributed by atoms with Gasteiger partial charge in [-0.1, -0.05) is 24.3 Å². The van der Waals surface area contributed by atoms with Gasteiger partial charge in [-0.2, -0.15) is 0 Å². The summed E-state index contributed by atoms with van der Waals surface area (Å²) >= 11 is 0. The highest BCUT2D eigenvalue weighted by Crippen LogP contribution is 2.49. The van der Waals surface area contributed by atoms with E-state index in [2.05, 4.69) is 24.3 Å². The summed E-state index contributed by atoms with van der Waals surface area (Å²) in [6, 6.07) is 6.07. The van der Waals surface area contributed by atoms with Gasteiger partial charge in [0.15, 0.2) is 0 Å². The number of rotatable bonds is 1. The van der Waals surface area contributed by atoms with E-state index >= 15 is 0 Å². The number of phenols is 1. The highest BCUT2D eigenvalue weighted by molar-refractivity contribution is 5.38. The number of hydrogen-bond donors (Lipinski definition) is 1. The molecule has 1 aromatic rings. The van der Waals surface area contributed by atoms with Gasteiger partial charge < -0.3 is 5.11 Å². The summed E-state index contributed by atoms with van der Waals surface area (Å²) in [4.78, 5) is 0. The molecule has 1 saturated carbocycles. The minimum Gasteiger partial charge on any atom is -0.508 e. The maximum Gasteiger partial charge on any atom is 0.118 e. The van der Waals surface area contributed by atoms with Crippen molar-refractivity contribution in [1.82, 2.24) is 0 Å². The first-order valence-corrected chi connectivity index (χ1v) is 5.72. The predicted molar refractivity (Wildman–Crippen MR) is 60.9 cm³/mol. The molecule has 2 bridgehead atoms. The molecule has 2 aliphatic carbocycles. The molecule has 3 unspecified atom stereocenters. The largest absolute Gasteiger partial charge is 0.508 e. The van der Waals surface area contributed by atoms with Crippen LogP contribution in [0, 0.1) is 18.8 Å². The lowest BCUT2D eigenvalue weighted by Gasteiger charge is -2.19. The third-order valence-corrected chi connectivity index (χ3v) is 3.93. The molecule has 2 aliphatic rings. The van der Waals surface area contributed by atoms with Gasteiger partial charge in [-0.05, 0) is 54.7 Å². The van der Waals surface area contributed by atoms with E-state index in [4.69, 9.17) is 0 Å². The van der Waals surface area contributed by atoms with Crippen LogP contribution in [0.15, 0.2) is 30.4 Å². The van der Waals surface area contributed by atoms with E-state index < -0.39 is 0 Å². The first-order valence-electron chi connectivity index (χ1n) is 5.72. The summed E-state index contributed by atoms with van der Waals surface area (Å²) in [5.74, 6) is 2.67. The maximum absolute atomic E-state index is 9.50. The topological polar surface area (TPSA) is 20.2 Å². The Kier molecular flexibility index (Phi) is 1.88. The Morgan fingerprint density at radius 1 is 1.20 bits per heavy atom. The van der Waals surface area contributed by atoms with Crippen molar-refractivity contribution < 1.29 is 5.11 Å². The summed E-state index contributed by atoms with van der Waals surface area (Å²) in [5.41, 5.74) is 2.40. The van der Waals surface area contributed by atoms with Crippen LogP contribution in [0.2, 0.25) is 0 Å². The van der Waals surface area contributed by atoms with Crippen molar-refractivity contribution in [1.29, 1.82) is 0 Å². The van der Waals surface area contributed by atoms with Gasteiger partial charge in [0.05, 0.1) is 0 Å². The molecule has 1 nitrogen and oxygen atoms in total. The molecule has 1 N–H and O–H groups in total. The average molecular weight is 200 g/mol. The van der Waals surface area contributed by atoms with Gasteiger partial charge >= 0.3 is 0 Å². The Morgan fingerprint density at radius 2 is 2.07 bits per heavy atom. The molecule has 3 atom stereocenters. The molecule has 0 heterocycles. The van der Waals surface area contributed by atoms with Crippen molar-refractivity contribution in [2.24, 2.45) is 11.8 Å². The minimum atomic E-state index is 0.414. The SMILES string of the molecule is Cc1cc(C2CC3C=CC2C3)ccc1O. The van der Waals surface area contributed by atoms with Crippen LogP contribution < -0.4 is 0 Å². The molecule has 0 saturated heterocycles. The molecule has 78 valence electrons. The van der Waals surface area contributed by atoms with E-state index in [1.54, 1.807) is 0 Å². The lowest BCUT2D eigenvalue weighted by Crippen LogP contribution is -2.04. The summed E-state index contributed by atoms with van der Waals surface area (Å²) in [5, 5.41) is 9.50. The molecule has 0 radical (unpaired) electrons. The van der Waals surface area contributed by atoms with E-state index in [0.29, 0.717) is 11.7 Å². The molecular weight excluding hydrogens is 184 g/mol. The number of allylic oxidation sites excluding steroid dienone is 2. The zero-order valence-corrected chi connectivity index (χ0v) is 8.98. The van der Waals surface area contributed by atoms with E-state index in [9.17, 15) is 5.11 Å². The van der Waals surface area contributed by atoms with Gasteiger partial charge in [0.1, 0.15) is 5.75 Å². The van der Waals surface area contributed by atoms with Crippen molar-refractivity contribution in [2.45, 2.75) is 25.7 Å². The van der Waals surface area contributed by atoms with Crippen LogP contribution in [-0.4, -0.2) is 5.11 Å². The number of phenolic OH excluding ortho intramolecular Hbond substituents is 1. The maximum atomic E-state index is 9.50. The van der Waals surface area contributed by atoms with Crippen LogP contribution in [0.1, 0.15) is 29.9 Å². The second-order valence-corrected chi connectivity index (χ2v) is 4.93. The molecule has 1 aromatic carbocycles. The number of fused-ring (bicyclic) bond motifs is 2. The van der Waals surface area contributed by atoms with Crippen LogP contribution in [-0.2, 0) is 0 Å². The highest BCUT2D eigenvalue weighted by Gasteiger charge is 2.36. The zero-order chi connectivity index (χ0) is 10.4. The lowest BCUT2D eigenvalue weighted by molar-refractivity contribution is 0.470. The van der Waals surface area contributed by atoms with E-state index in [0.717, 1.165) is 17.4 Å². The fraction of sp³-hybridized carbons (Fsp3) is 0.429. The predicted octanol–water partition coefficient (Wildman–Crippen LogP) is 3.38. The third kappa shape index (κ3) is 1.38. The molecule has 0 amide bonds. The van der Waals surface area contributed by atoms with Gasteiger partial charge in [0.25, 0.3) is 0 Å². The highest BCUT2D eigenvalue weighted by atomic mass is 16.3. The fourth-order valence-corrected chi connectivity index (χ4v) is 3.07. The van der Waals surface area contributed by atoms with Gasteiger partial charge in [-0.15, -0.1) is 0 Å². The zero-order valence-electron chi connectivity index (χ0n) is 8.98. The molecule has 0 aromatic heterocycles. The summed E-state index contributed by atoms with van der Waals surface area (Å²) in [6.07, 6.45) is 7.38. The van der Waals surface area contributed by atoms with Gasteiger partial charge in [0, 0.05) is 0 Å². The van der Waals surface area contributed by atoms with E-state index in [-0.39, 0.29) is 0 Å². The first-order chi connectivity index (χ1) is 7.24. The van der Waals surface area contributed by atoms with Crippen molar-refractivity contribution in [2.75, 3.05) is 0 Å².